The number of rotatable bonds is 3. The lowest BCUT2D eigenvalue weighted by molar-refractivity contribution is -0.126. The van der Waals surface area contributed by atoms with E-state index >= 15 is 0 Å². The van der Waals surface area contributed by atoms with Crippen LogP contribution < -0.4 is 4.90 Å². The van der Waals surface area contributed by atoms with Crippen LogP contribution in [0.3, 0.4) is 0 Å². The quantitative estimate of drug-likeness (QED) is 0.635. The second-order valence-electron chi connectivity index (χ2n) is 6.54. The van der Waals surface area contributed by atoms with Crippen molar-refractivity contribution in [3.63, 3.8) is 0 Å². The third-order valence-electron chi connectivity index (χ3n) is 5.02. The molecule has 1 fully saturated rings. The highest BCUT2D eigenvalue weighted by atomic mass is 35.5. The fourth-order valence-corrected chi connectivity index (χ4v) is 3.91. The molecule has 3 aromatic rings. The van der Waals surface area contributed by atoms with E-state index in [1.54, 1.807) is 6.20 Å². The van der Waals surface area contributed by atoms with Gasteiger partial charge in [-0.25, -0.2) is 0 Å². The van der Waals surface area contributed by atoms with Crippen LogP contribution in [0.2, 0.25) is 5.02 Å². The van der Waals surface area contributed by atoms with E-state index in [0.717, 1.165) is 40.8 Å². The molecule has 5 heteroatoms. The molecule has 0 radical (unpaired) electrons. The number of hydrogen-bond donors (Lipinski definition) is 0. The van der Waals surface area contributed by atoms with Gasteiger partial charge in [0.15, 0.2) is 0 Å². The van der Waals surface area contributed by atoms with Crippen molar-refractivity contribution in [2.75, 3.05) is 31.1 Å². The van der Waals surface area contributed by atoms with Gasteiger partial charge >= 0.3 is 0 Å². The van der Waals surface area contributed by atoms with Crippen LogP contribution in [-0.4, -0.2) is 42.0 Å². The number of carbonyl (C=O) groups excluding carboxylic acids is 1. The van der Waals surface area contributed by atoms with Gasteiger partial charge < -0.3 is 9.80 Å². The van der Waals surface area contributed by atoms with Crippen molar-refractivity contribution in [3.05, 3.63) is 72.4 Å². The van der Waals surface area contributed by atoms with Crippen molar-refractivity contribution in [1.29, 1.82) is 0 Å². The molecule has 4 nitrogen and oxygen atoms in total. The summed E-state index contributed by atoms with van der Waals surface area (Å²) in [6.07, 6.45) is 3.18. The van der Waals surface area contributed by atoms with E-state index < -0.39 is 0 Å². The molecule has 1 aromatic heterocycles. The third kappa shape index (κ3) is 3.28. The standard InChI is InChI=1S/C22H20ClN3O/c1-2-20(27)26-14-12-25(13-15-26)19-10-11-24-22-18(19)9-8-17(21(22)23)16-6-4-3-5-7-16/h2-11H,1,12-15H2. The maximum Gasteiger partial charge on any atom is 0.246 e. The SMILES string of the molecule is C=CC(=O)N1CCN(c2ccnc3c(Cl)c(-c4ccccc4)ccc23)CC1. The van der Waals surface area contributed by atoms with Crippen LogP contribution in [0.25, 0.3) is 22.0 Å². The highest BCUT2D eigenvalue weighted by Gasteiger charge is 2.21. The molecule has 27 heavy (non-hydrogen) atoms. The summed E-state index contributed by atoms with van der Waals surface area (Å²) >= 11 is 6.73. The van der Waals surface area contributed by atoms with Crippen molar-refractivity contribution >= 4 is 34.1 Å². The largest absolute Gasteiger partial charge is 0.367 e. The summed E-state index contributed by atoms with van der Waals surface area (Å²) in [7, 11) is 0. The van der Waals surface area contributed by atoms with Crippen LogP contribution in [0.4, 0.5) is 5.69 Å². The highest BCUT2D eigenvalue weighted by Crippen LogP contribution is 2.36. The maximum atomic E-state index is 11.8. The van der Waals surface area contributed by atoms with Gasteiger partial charge in [0.2, 0.25) is 5.91 Å². The van der Waals surface area contributed by atoms with Crippen molar-refractivity contribution in [1.82, 2.24) is 9.88 Å². The van der Waals surface area contributed by atoms with E-state index in [2.05, 4.69) is 28.6 Å². The van der Waals surface area contributed by atoms with Gasteiger partial charge in [0, 0.05) is 49.0 Å². The fraction of sp³-hybridized carbons (Fsp3) is 0.182. The summed E-state index contributed by atoms with van der Waals surface area (Å²) in [4.78, 5) is 20.5. The number of benzene rings is 2. The molecule has 0 N–H and O–H groups in total. The molecular formula is C22H20ClN3O. The molecule has 0 spiro atoms. The summed E-state index contributed by atoms with van der Waals surface area (Å²) in [5.74, 6) is -0.00946. The molecule has 0 atom stereocenters. The Labute approximate surface area is 163 Å². The lowest BCUT2D eigenvalue weighted by atomic mass is 10.0. The smallest absolute Gasteiger partial charge is 0.246 e. The van der Waals surface area contributed by atoms with Crippen LogP contribution in [-0.2, 0) is 4.79 Å². The van der Waals surface area contributed by atoms with Crippen molar-refractivity contribution in [3.8, 4) is 11.1 Å². The Morgan fingerprint density at radius 1 is 1.04 bits per heavy atom. The first kappa shape index (κ1) is 17.6. The lowest BCUT2D eigenvalue weighted by Gasteiger charge is -2.36. The number of amides is 1. The first-order valence-corrected chi connectivity index (χ1v) is 9.36. The Morgan fingerprint density at radius 2 is 1.78 bits per heavy atom. The summed E-state index contributed by atoms with van der Waals surface area (Å²) in [5.41, 5.74) is 3.97. The Balaban J connectivity index is 1.69. The van der Waals surface area contributed by atoms with Gasteiger partial charge in [-0.1, -0.05) is 54.6 Å². The average molecular weight is 378 g/mol. The number of anilines is 1. The van der Waals surface area contributed by atoms with Crippen LogP contribution >= 0.6 is 11.6 Å². The number of piperazine rings is 1. The monoisotopic (exact) mass is 377 g/mol. The van der Waals surface area contributed by atoms with Crippen molar-refractivity contribution < 1.29 is 4.79 Å². The number of fused-ring (bicyclic) bond motifs is 1. The molecule has 0 aliphatic carbocycles. The number of nitrogens with zero attached hydrogens (tertiary/aromatic N) is 3. The molecule has 2 aromatic carbocycles. The molecule has 1 saturated heterocycles. The van der Waals surface area contributed by atoms with Crippen molar-refractivity contribution in [2.45, 2.75) is 0 Å². The van der Waals surface area contributed by atoms with E-state index in [1.807, 2.05) is 41.3 Å². The van der Waals surface area contributed by atoms with Gasteiger partial charge in [-0.3, -0.25) is 9.78 Å². The normalized spacial score (nSPS) is 14.4. The lowest BCUT2D eigenvalue weighted by Crippen LogP contribution is -2.48. The second-order valence-corrected chi connectivity index (χ2v) is 6.91. The molecule has 0 bridgehead atoms. The molecule has 1 aliphatic heterocycles. The fourth-order valence-electron chi connectivity index (χ4n) is 3.58. The van der Waals surface area contributed by atoms with Gasteiger partial charge in [0.25, 0.3) is 0 Å². The van der Waals surface area contributed by atoms with Gasteiger partial charge in [0.1, 0.15) is 0 Å². The van der Waals surface area contributed by atoms with E-state index in [4.69, 9.17) is 11.6 Å². The highest BCUT2D eigenvalue weighted by molar-refractivity contribution is 6.38. The van der Waals surface area contributed by atoms with E-state index in [0.29, 0.717) is 18.1 Å². The zero-order valence-corrected chi connectivity index (χ0v) is 15.7. The molecule has 0 saturated carbocycles. The molecular weight excluding hydrogens is 358 g/mol. The summed E-state index contributed by atoms with van der Waals surface area (Å²) in [6.45, 7) is 6.49. The summed E-state index contributed by atoms with van der Waals surface area (Å²) in [5, 5.41) is 1.70. The first-order chi connectivity index (χ1) is 13.2. The average Bonchev–Trinajstić information content (AvgIpc) is 2.74. The summed E-state index contributed by atoms with van der Waals surface area (Å²) in [6, 6.07) is 16.3. The molecule has 136 valence electrons. The number of hydrogen-bond acceptors (Lipinski definition) is 3. The van der Waals surface area contributed by atoms with Crippen LogP contribution in [0.1, 0.15) is 0 Å². The Morgan fingerprint density at radius 3 is 2.48 bits per heavy atom. The topological polar surface area (TPSA) is 36.4 Å². The van der Waals surface area contributed by atoms with E-state index in [9.17, 15) is 4.79 Å². The van der Waals surface area contributed by atoms with Gasteiger partial charge in [-0.15, -0.1) is 0 Å². The Hall–Kier alpha value is -2.85. The zero-order valence-electron chi connectivity index (χ0n) is 14.9. The number of halogens is 1. The number of pyridine rings is 1. The van der Waals surface area contributed by atoms with E-state index in [1.165, 1.54) is 6.08 Å². The minimum absolute atomic E-state index is 0.00946. The summed E-state index contributed by atoms with van der Waals surface area (Å²) < 4.78 is 0. The molecule has 2 heterocycles. The minimum atomic E-state index is -0.00946. The van der Waals surface area contributed by atoms with Gasteiger partial charge in [-0.2, -0.15) is 0 Å². The van der Waals surface area contributed by atoms with Crippen LogP contribution in [0.15, 0.2) is 67.4 Å². The predicted octanol–water partition coefficient (Wildman–Crippen LogP) is 4.39. The molecule has 4 rings (SSSR count). The van der Waals surface area contributed by atoms with Gasteiger partial charge in [-0.05, 0) is 23.8 Å². The Kier molecular flexibility index (Phi) is 4.82. The Bertz CT molecular complexity index is 995. The van der Waals surface area contributed by atoms with Crippen LogP contribution in [0, 0.1) is 0 Å². The number of aromatic nitrogens is 1. The molecule has 0 unspecified atom stereocenters. The molecule has 1 amide bonds. The predicted molar refractivity (Wildman–Crippen MR) is 111 cm³/mol. The zero-order chi connectivity index (χ0) is 18.8. The van der Waals surface area contributed by atoms with Crippen LogP contribution in [0.5, 0.6) is 0 Å². The van der Waals surface area contributed by atoms with E-state index in [-0.39, 0.29) is 5.91 Å². The minimum Gasteiger partial charge on any atom is -0.367 e. The maximum absolute atomic E-state index is 11.8. The molecule has 1 aliphatic rings. The third-order valence-corrected chi connectivity index (χ3v) is 5.40. The second kappa shape index (κ2) is 7.41. The first-order valence-electron chi connectivity index (χ1n) is 8.98. The van der Waals surface area contributed by atoms with Gasteiger partial charge in [0.05, 0.1) is 10.5 Å². The number of carbonyl (C=O) groups is 1. The van der Waals surface area contributed by atoms with Crippen molar-refractivity contribution in [2.24, 2.45) is 0 Å².